The average molecular weight is 296 g/mol. The van der Waals surface area contributed by atoms with Crippen molar-refractivity contribution in [2.75, 3.05) is 0 Å². The first-order valence-electron chi connectivity index (χ1n) is 8.83. The Bertz CT molecular complexity index is 342. The SMILES string of the molecule is CC1(CCCCC(O)CCCCC2(CC(=O)O)CC2)CC1. The molecule has 0 aromatic rings. The predicted octanol–water partition coefficient (Wildman–Crippen LogP) is 4.52. The van der Waals surface area contributed by atoms with Gasteiger partial charge >= 0.3 is 5.97 Å². The van der Waals surface area contributed by atoms with Crippen LogP contribution < -0.4 is 0 Å². The molecule has 122 valence electrons. The van der Waals surface area contributed by atoms with Gasteiger partial charge in [-0.25, -0.2) is 0 Å². The second-order valence-electron chi connectivity index (χ2n) is 8.03. The van der Waals surface area contributed by atoms with Crippen molar-refractivity contribution in [3.05, 3.63) is 0 Å². The number of hydrogen-bond donors (Lipinski definition) is 2. The lowest BCUT2D eigenvalue weighted by atomic mass is 9.93. The molecule has 21 heavy (non-hydrogen) atoms. The second kappa shape index (κ2) is 7.13. The van der Waals surface area contributed by atoms with E-state index in [1.54, 1.807) is 0 Å². The molecule has 2 aliphatic rings. The summed E-state index contributed by atoms with van der Waals surface area (Å²) in [5.41, 5.74) is 0.768. The van der Waals surface area contributed by atoms with Crippen LogP contribution in [0.3, 0.4) is 0 Å². The van der Waals surface area contributed by atoms with Gasteiger partial charge in [-0.1, -0.05) is 32.6 Å². The molecule has 0 aromatic carbocycles. The Balaban J connectivity index is 1.44. The third-order valence-electron chi connectivity index (χ3n) is 5.65. The summed E-state index contributed by atoms with van der Waals surface area (Å²) in [5, 5.41) is 18.9. The molecule has 1 atom stereocenters. The Labute approximate surface area is 129 Å². The van der Waals surface area contributed by atoms with E-state index in [1.165, 1.54) is 25.7 Å². The van der Waals surface area contributed by atoms with Crippen LogP contribution in [0.5, 0.6) is 0 Å². The number of unbranched alkanes of at least 4 members (excludes halogenated alkanes) is 2. The van der Waals surface area contributed by atoms with Gasteiger partial charge in [-0.2, -0.15) is 0 Å². The maximum atomic E-state index is 10.8. The van der Waals surface area contributed by atoms with Gasteiger partial charge in [0.2, 0.25) is 0 Å². The number of rotatable bonds is 12. The van der Waals surface area contributed by atoms with Crippen LogP contribution in [-0.4, -0.2) is 22.3 Å². The summed E-state index contributed by atoms with van der Waals surface area (Å²) in [5.74, 6) is -0.656. The van der Waals surface area contributed by atoms with Crippen LogP contribution in [0.1, 0.15) is 90.4 Å². The molecule has 0 aromatic heterocycles. The molecule has 0 heterocycles. The monoisotopic (exact) mass is 296 g/mol. The summed E-state index contributed by atoms with van der Waals surface area (Å²) in [6.45, 7) is 2.37. The Morgan fingerprint density at radius 1 is 1.00 bits per heavy atom. The highest BCUT2D eigenvalue weighted by molar-refractivity contribution is 5.68. The van der Waals surface area contributed by atoms with Crippen LogP contribution in [0, 0.1) is 10.8 Å². The quantitative estimate of drug-likeness (QED) is 0.520. The fraction of sp³-hybridized carbons (Fsp3) is 0.944. The Kier molecular flexibility index (Phi) is 5.70. The zero-order valence-corrected chi connectivity index (χ0v) is 13.6. The minimum atomic E-state index is -0.656. The average Bonchev–Trinajstić information content (AvgIpc) is 3.31. The molecule has 3 heteroatoms. The summed E-state index contributed by atoms with van der Waals surface area (Å²) < 4.78 is 0. The fourth-order valence-corrected chi connectivity index (χ4v) is 3.43. The normalized spacial score (nSPS) is 22.8. The van der Waals surface area contributed by atoms with Crippen molar-refractivity contribution < 1.29 is 15.0 Å². The molecule has 2 fully saturated rings. The van der Waals surface area contributed by atoms with Crippen molar-refractivity contribution in [1.82, 2.24) is 0 Å². The van der Waals surface area contributed by atoms with Gasteiger partial charge in [0.05, 0.1) is 12.5 Å². The van der Waals surface area contributed by atoms with Crippen LogP contribution in [0.15, 0.2) is 0 Å². The zero-order chi connectivity index (χ0) is 15.3. The maximum absolute atomic E-state index is 10.8. The molecule has 0 amide bonds. The first-order chi connectivity index (χ1) is 9.93. The number of carboxylic acids is 1. The number of aliphatic hydroxyl groups excluding tert-OH is 1. The van der Waals surface area contributed by atoms with E-state index in [2.05, 4.69) is 6.92 Å². The molecule has 2 aliphatic carbocycles. The van der Waals surface area contributed by atoms with Crippen LogP contribution in [-0.2, 0) is 4.79 Å². The molecule has 0 saturated heterocycles. The van der Waals surface area contributed by atoms with Crippen LogP contribution >= 0.6 is 0 Å². The molecule has 2 N–H and O–H groups in total. The van der Waals surface area contributed by atoms with Gasteiger partial charge in [0.25, 0.3) is 0 Å². The largest absolute Gasteiger partial charge is 0.481 e. The van der Waals surface area contributed by atoms with Crippen LogP contribution in [0.25, 0.3) is 0 Å². The van der Waals surface area contributed by atoms with Gasteiger partial charge in [0.1, 0.15) is 0 Å². The van der Waals surface area contributed by atoms with Crippen molar-refractivity contribution in [2.24, 2.45) is 10.8 Å². The van der Waals surface area contributed by atoms with E-state index < -0.39 is 5.97 Å². The molecular formula is C18H32O3. The predicted molar refractivity (Wildman–Crippen MR) is 84.2 cm³/mol. The van der Waals surface area contributed by atoms with E-state index in [9.17, 15) is 9.90 Å². The molecule has 0 radical (unpaired) electrons. The third-order valence-corrected chi connectivity index (χ3v) is 5.65. The molecule has 2 saturated carbocycles. The Hall–Kier alpha value is -0.570. The standard InChI is InChI=1S/C18H32O3/c1-17(10-11-17)8-4-2-6-15(19)7-3-5-9-18(12-13-18)14-16(20)21/h15,19H,2-14H2,1H3,(H,20,21). The van der Waals surface area contributed by atoms with Gasteiger partial charge in [-0.15, -0.1) is 0 Å². The number of carboxylic acid groups (broad SMARTS) is 1. The Morgan fingerprint density at radius 3 is 2.05 bits per heavy atom. The summed E-state index contributed by atoms with van der Waals surface area (Å²) >= 11 is 0. The van der Waals surface area contributed by atoms with Gasteiger partial charge < -0.3 is 10.2 Å². The number of aliphatic hydroxyl groups is 1. The molecule has 0 bridgehead atoms. The van der Waals surface area contributed by atoms with Crippen molar-refractivity contribution in [2.45, 2.75) is 96.5 Å². The highest BCUT2D eigenvalue weighted by Gasteiger charge is 2.43. The first-order valence-corrected chi connectivity index (χ1v) is 8.83. The number of aliphatic carboxylic acids is 1. The topological polar surface area (TPSA) is 57.5 Å². The summed E-state index contributed by atoms with van der Waals surface area (Å²) in [6.07, 6.45) is 13.9. The lowest BCUT2D eigenvalue weighted by molar-refractivity contribution is -0.138. The van der Waals surface area contributed by atoms with E-state index in [1.807, 2.05) is 0 Å². The van der Waals surface area contributed by atoms with E-state index in [0.29, 0.717) is 11.8 Å². The molecule has 3 nitrogen and oxygen atoms in total. The highest BCUT2D eigenvalue weighted by atomic mass is 16.4. The zero-order valence-electron chi connectivity index (χ0n) is 13.6. The Morgan fingerprint density at radius 2 is 1.57 bits per heavy atom. The van der Waals surface area contributed by atoms with E-state index in [-0.39, 0.29) is 11.5 Å². The van der Waals surface area contributed by atoms with Crippen LogP contribution in [0.2, 0.25) is 0 Å². The van der Waals surface area contributed by atoms with Crippen LogP contribution in [0.4, 0.5) is 0 Å². The van der Waals surface area contributed by atoms with E-state index >= 15 is 0 Å². The van der Waals surface area contributed by atoms with Gasteiger partial charge in [0, 0.05) is 0 Å². The molecule has 1 unspecified atom stereocenters. The second-order valence-corrected chi connectivity index (χ2v) is 8.03. The lowest BCUT2D eigenvalue weighted by Gasteiger charge is -2.14. The third kappa shape index (κ3) is 6.37. The minimum absolute atomic E-state index is 0.122. The summed E-state index contributed by atoms with van der Waals surface area (Å²) in [4.78, 5) is 10.8. The fourth-order valence-electron chi connectivity index (χ4n) is 3.43. The number of hydrogen-bond acceptors (Lipinski definition) is 2. The molecule has 2 rings (SSSR count). The van der Waals surface area contributed by atoms with E-state index in [0.717, 1.165) is 51.4 Å². The summed E-state index contributed by atoms with van der Waals surface area (Å²) in [7, 11) is 0. The molecule has 0 spiro atoms. The van der Waals surface area contributed by atoms with Gasteiger partial charge in [0.15, 0.2) is 0 Å². The lowest BCUT2D eigenvalue weighted by Crippen LogP contribution is -2.10. The van der Waals surface area contributed by atoms with Crippen molar-refractivity contribution in [3.8, 4) is 0 Å². The summed E-state index contributed by atoms with van der Waals surface area (Å²) in [6, 6.07) is 0. The van der Waals surface area contributed by atoms with E-state index in [4.69, 9.17) is 5.11 Å². The van der Waals surface area contributed by atoms with Crippen molar-refractivity contribution in [3.63, 3.8) is 0 Å². The van der Waals surface area contributed by atoms with Gasteiger partial charge in [-0.3, -0.25) is 4.79 Å². The highest BCUT2D eigenvalue weighted by Crippen LogP contribution is 2.52. The first kappa shape index (κ1) is 16.8. The molecule has 0 aliphatic heterocycles. The van der Waals surface area contributed by atoms with Gasteiger partial charge in [-0.05, 0) is 62.2 Å². The van der Waals surface area contributed by atoms with Crippen molar-refractivity contribution in [1.29, 1.82) is 0 Å². The smallest absolute Gasteiger partial charge is 0.303 e. The minimum Gasteiger partial charge on any atom is -0.481 e. The van der Waals surface area contributed by atoms with Crippen molar-refractivity contribution >= 4 is 5.97 Å². The molecular weight excluding hydrogens is 264 g/mol. The maximum Gasteiger partial charge on any atom is 0.303 e. The number of carbonyl (C=O) groups is 1.